The van der Waals surface area contributed by atoms with Gasteiger partial charge < -0.3 is 20.4 Å². The summed E-state index contributed by atoms with van der Waals surface area (Å²) >= 11 is 0. The van der Waals surface area contributed by atoms with Gasteiger partial charge in [-0.3, -0.25) is 19.2 Å². The molecule has 2 aromatic carbocycles. The van der Waals surface area contributed by atoms with Crippen LogP contribution in [0.2, 0.25) is 0 Å². The van der Waals surface area contributed by atoms with Crippen molar-refractivity contribution < 1.29 is 32.3 Å². The fraction of sp³-hybridized carbons (Fsp3) is 0.452. The highest BCUT2D eigenvalue weighted by molar-refractivity contribution is 6.07. The van der Waals surface area contributed by atoms with E-state index in [1.807, 2.05) is 20.8 Å². The first-order valence-electron chi connectivity index (χ1n) is 13.9. The zero-order valence-electron chi connectivity index (χ0n) is 24.6. The first-order valence-corrected chi connectivity index (χ1v) is 13.9. The molecule has 228 valence electrons. The van der Waals surface area contributed by atoms with Crippen molar-refractivity contribution in [1.82, 2.24) is 15.1 Å². The molecule has 2 aliphatic rings. The number of anilines is 1. The Bertz CT molecular complexity index is 1520. The molecule has 0 radical (unpaired) electrons. The largest absolute Gasteiger partial charge is 0.344 e. The van der Waals surface area contributed by atoms with Gasteiger partial charge in [0.25, 0.3) is 0 Å². The van der Waals surface area contributed by atoms with E-state index >= 15 is 0 Å². The maximum atomic E-state index is 14.5. The summed E-state index contributed by atoms with van der Waals surface area (Å²) in [6.45, 7) is 6.65. The van der Waals surface area contributed by atoms with Gasteiger partial charge in [-0.2, -0.15) is 5.26 Å². The molecule has 1 saturated heterocycles. The predicted molar refractivity (Wildman–Crippen MR) is 151 cm³/mol. The van der Waals surface area contributed by atoms with Gasteiger partial charge in [-0.15, -0.1) is 0 Å². The zero-order valence-corrected chi connectivity index (χ0v) is 24.6. The number of carbonyl (C=O) groups is 4. The fourth-order valence-corrected chi connectivity index (χ4v) is 5.93. The maximum absolute atomic E-state index is 14.5. The van der Waals surface area contributed by atoms with Gasteiger partial charge in [-0.05, 0) is 35.1 Å². The van der Waals surface area contributed by atoms with Gasteiger partial charge in [0, 0.05) is 45.1 Å². The lowest BCUT2D eigenvalue weighted by molar-refractivity contribution is -0.147. The molecule has 0 bridgehead atoms. The van der Waals surface area contributed by atoms with E-state index in [1.54, 1.807) is 24.3 Å². The number of nitriles is 1. The zero-order chi connectivity index (χ0) is 31.9. The maximum Gasteiger partial charge on any atom is 0.246 e. The molecule has 4 rings (SSSR count). The molecule has 2 aliphatic heterocycles. The van der Waals surface area contributed by atoms with Gasteiger partial charge in [0.15, 0.2) is 11.6 Å². The third kappa shape index (κ3) is 6.21. The molecule has 2 N–H and O–H groups in total. The number of nitrogens with zero attached hydrogens (tertiary/aromatic N) is 3. The Kier molecular flexibility index (Phi) is 8.58. The number of halogens is 3. The number of para-hydroxylation sites is 1. The van der Waals surface area contributed by atoms with E-state index in [0.717, 1.165) is 11.8 Å². The number of rotatable bonds is 7. The van der Waals surface area contributed by atoms with Crippen LogP contribution in [0.1, 0.15) is 51.7 Å². The SMILES string of the molecule is CC(=O)N[C@H](Cc1cc(F)c(F)cc1F)C(=O)N(C)[C@@H](CC(C)(C)C)C(=O)N1C[C@]2(C[C@H]1C#N)C(=O)Nc1ccccc12. The van der Waals surface area contributed by atoms with Crippen LogP contribution in [0, 0.1) is 34.2 Å². The van der Waals surface area contributed by atoms with E-state index in [0.29, 0.717) is 23.4 Å². The van der Waals surface area contributed by atoms with Crippen molar-refractivity contribution in [2.45, 2.75) is 70.5 Å². The van der Waals surface area contributed by atoms with Crippen molar-refractivity contribution in [2.75, 3.05) is 18.9 Å². The summed E-state index contributed by atoms with van der Waals surface area (Å²) in [6, 6.07) is 6.69. The Labute approximate surface area is 248 Å². The molecular weight excluding hydrogens is 563 g/mol. The fourth-order valence-electron chi connectivity index (χ4n) is 5.93. The molecular formula is C31H34F3N5O4. The number of nitrogens with one attached hydrogen (secondary N) is 2. The first kappa shape index (κ1) is 31.5. The number of likely N-dealkylation sites (N-methyl/N-ethyl adjacent to an activating group) is 1. The van der Waals surface area contributed by atoms with Crippen LogP contribution in [-0.2, 0) is 31.0 Å². The highest BCUT2D eigenvalue weighted by Crippen LogP contribution is 2.46. The second-order valence-electron chi connectivity index (χ2n) is 12.4. The summed E-state index contributed by atoms with van der Waals surface area (Å²) in [5.41, 5.74) is -0.674. The van der Waals surface area contributed by atoms with Crippen LogP contribution in [0.4, 0.5) is 18.9 Å². The van der Waals surface area contributed by atoms with Crippen molar-refractivity contribution in [2.24, 2.45) is 5.41 Å². The van der Waals surface area contributed by atoms with Crippen LogP contribution in [0.3, 0.4) is 0 Å². The average Bonchev–Trinajstić information content (AvgIpc) is 3.45. The minimum Gasteiger partial charge on any atom is -0.344 e. The number of carbonyl (C=O) groups excluding carboxylic acids is 4. The van der Waals surface area contributed by atoms with Crippen LogP contribution in [0.5, 0.6) is 0 Å². The minimum absolute atomic E-state index is 0.0713. The Balaban J connectivity index is 1.67. The lowest BCUT2D eigenvalue weighted by atomic mass is 9.80. The van der Waals surface area contributed by atoms with Crippen molar-refractivity contribution in [3.63, 3.8) is 0 Å². The topological polar surface area (TPSA) is 123 Å². The normalized spacial score (nSPS) is 20.7. The molecule has 0 aliphatic carbocycles. The van der Waals surface area contributed by atoms with Crippen molar-refractivity contribution >= 4 is 29.3 Å². The summed E-state index contributed by atoms with van der Waals surface area (Å²) in [6.07, 6.45) is -0.292. The quantitative estimate of drug-likeness (QED) is 0.474. The second-order valence-corrected chi connectivity index (χ2v) is 12.4. The van der Waals surface area contributed by atoms with Crippen LogP contribution in [0.15, 0.2) is 36.4 Å². The Hall–Kier alpha value is -4.40. The molecule has 43 heavy (non-hydrogen) atoms. The summed E-state index contributed by atoms with van der Waals surface area (Å²) in [5, 5.41) is 15.3. The van der Waals surface area contributed by atoms with E-state index in [-0.39, 0.29) is 30.9 Å². The lowest BCUT2D eigenvalue weighted by Gasteiger charge is -2.37. The molecule has 4 amide bonds. The number of hydrogen-bond acceptors (Lipinski definition) is 5. The van der Waals surface area contributed by atoms with E-state index in [2.05, 4.69) is 16.7 Å². The highest BCUT2D eigenvalue weighted by atomic mass is 19.2. The van der Waals surface area contributed by atoms with Gasteiger partial charge >= 0.3 is 0 Å². The predicted octanol–water partition coefficient (Wildman–Crippen LogP) is 3.43. The summed E-state index contributed by atoms with van der Waals surface area (Å²) < 4.78 is 41.9. The number of fused-ring (bicyclic) bond motifs is 2. The summed E-state index contributed by atoms with van der Waals surface area (Å²) in [5.74, 6) is -6.10. The lowest BCUT2D eigenvalue weighted by Crippen LogP contribution is -2.57. The molecule has 0 aromatic heterocycles. The monoisotopic (exact) mass is 597 g/mol. The Morgan fingerprint density at radius 2 is 1.81 bits per heavy atom. The molecule has 12 heteroatoms. The van der Waals surface area contributed by atoms with Gasteiger partial charge in [0.05, 0.1) is 11.5 Å². The molecule has 2 aromatic rings. The third-order valence-corrected chi connectivity index (χ3v) is 8.01. The smallest absolute Gasteiger partial charge is 0.246 e. The number of benzene rings is 2. The standard InChI is InChI=1S/C31H34F3N5O4/c1-17(40)36-25(11-18-10-22(33)23(34)12-21(18)32)27(41)38(5)26(14-30(2,3)4)28(42)39-16-31(13-19(39)15-35)20-8-6-7-9-24(20)37-29(31)43/h6-10,12,19,25-26H,11,13-14,16H2,1-5H3,(H,36,40)(H,37,43)/t19-,25+,26-,31-/m0/s1. The molecule has 1 spiro atoms. The summed E-state index contributed by atoms with van der Waals surface area (Å²) in [7, 11) is 1.36. The van der Waals surface area contributed by atoms with Gasteiger partial charge in [-0.1, -0.05) is 39.0 Å². The van der Waals surface area contributed by atoms with E-state index < -0.39 is 70.5 Å². The molecule has 0 unspecified atom stereocenters. The molecule has 9 nitrogen and oxygen atoms in total. The van der Waals surface area contributed by atoms with Crippen LogP contribution >= 0.6 is 0 Å². The van der Waals surface area contributed by atoms with Gasteiger partial charge in [-0.25, -0.2) is 13.2 Å². The Morgan fingerprint density at radius 3 is 2.44 bits per heavy atom. The van der Waals surface area contributed by atoms with E-state index in [4.69, 9.17) is 0 Å². The average molecular weight is 598 g/mol. The number of amides is 4. The second kappa shape index (κ2) is 11.7. The molecule has 1 fully saturated rings. The van der Waals surface area contributed by atoms with Crippen LogP contribution in [-0.4, -0.2) is 65.1 Å². The third-order valence-electron chi connectivity index (χ3n) is 8.01. The Morgan fingerprint density at radius 1 is 1.16 bits per heavy atom. The van der Waals surface area contributed by atoms with Gasteiger partial charge in [0.2, 0.25) is 23.6 Å². The van der Waals surface area contributed by atoms with E-state index in [9.17, 15) is 37.6 Å². The van der Waals surface area contributed by atoms with Gasteiger partial charge in [0.1, 0.15) is 23.9 Å². The van der Waals surface area contributed by atoms with Crippen molar-refractivity contribution in [3.05, 3.63) is 65.0 Å². The van der Waals surface area contributed by atoms with Crippen LogP contribution in [0.25, 0.3) is 0 Å². The van der Waals surface area contributed by atoms with Crippen LogP contribution < -0.4 is 10.6 Å². The molecule has 0 saturated carbocycles. The minimum atomic E-state index is -1.42. The number of likely N-dealkylation sites (tertiary alicyclic amines) is 1. The first-order chi connectivity index (χ1) is 20.1. The van der Waals surface area contributed by atoms with Crippen molar-refractivity contribution in [1.29, 1.82) is 5.26 Å². The van der Waals surface area contributed by atoms with E-state index in [1.165, 1.54) is 11.9 Å². The molecule has 4 atom stereocenters. The highest BCUT2D eigenvalue weighted by Gasteiger charge is 2.57. The molecule has 2 heterocycles. The summed E-state index contributed by atoms with van der Waals surface area (Å²) in [4.78, 5) is 55.8. The van der Waals surface area contributed by atoms with Crippen molar-refractivity contribution in [3.8, 4) is 6.07 Å². The number of hydrogen-bond donors (Lipinski definition) is 2.